The number of urea groups is 1. The third-order valence-electron chi connectivity index (χ3n) is 3.64. The van der Waals surface area contributed by atoms with E-state index in [9.17, 15) is 27.2 Å². The second-order valence-electron chi connectivity index (χ2n) is 5.27. The van der Waals surface area contributed by atoms with E-state index in [4.69, 9.17) is 4.74 Å². The Morgan fingerprint density at radius 1 is 1.16 bits per heavy atom. The minimum Gasteiger partial charge on any atom is -0.450 e. The van der Waals surface area contributed by atoms with Gasteiger partial charge in [0.15, 0.2) is 5.82 Å². The van der Waals surface area contributed by atoms with Gasteiger partial charge in [-0.2, -0.15) is 13.2 Å². The highest BCUT2D eigenvalue weighted by Gasteiger charge is 2.35. The smallest absolute Gasteiger partial charge is 0.419 e. The molecule has 0 bridgehead atoms. The maximum Gasteiger partial charge on any atom is 0.419 e. The summed E-state index contributed by atoms with van der Waals surface area (Å²) in [7, 11) is 0. The Labute approximate surface area is 141 Å². The molecule has 0 saturated carbocycles. The third-order valence-corrected chi connectivity index (χ3v) is 3.64. The molecule has 2 rings (SSSR count). The number of amides is 3. The molecule has 1 aliphatic heterocycles. The van der Waals surface area contributed by atoms with Crippen LogP contribution in [0, 0.1) is 5.82 Å². The molecular weight excluding hydrogens is 346 g/mol. The van der Waals surface area contributed by atoms with Crippen LogP contribution >= 0.6 is 0 Å². The van der Waals surface area contributed by atoms with Gasteiger partial charge in [0.05, 0.1) is 17.9 Å². The van der Waals surface area contributed by atoms with Crippen LogP contribution in [0.4, 0.5) is 32.8 Å². The zero-order valence-electron chi connectivity index (χ0n) is 13.4. The van der Waals surface area contributed by atoms with Crippen LogP contribution in [-0.4, -0.2) is 54.7 Å². The molecular formula is C15H17F4N3O3. The number of ether oxygens (including phenoxy) is 1. The summed E-state index contributed by atoms with van der Waals surface area (Å²) in [5.41, 5.74) is -2.00. The quantitative estimate of drug-likeness (QED) is 0.821. The monoisotopic (exact) mass is 363 g/mol. The lowest BCUT2D eigenvalue weighted by atomic mass is 10.2. The lowest BCUT2D eigenvalue weighted by molar-refractivity contribution is -0.139. The van der Waals surface area contributed by atoms with Crippen LogP contribution in [0.25, 0.3) is 0 Å². The largest absolute Gasteiger partial charge is 0.450 e. The van der Waals surface area contributed by atoms with Crippen molar-refractivity contribution in [1.29, 1.82) is 0 Å². The molecule has 0 spiro atoms. The average Bonchev–Trinajstić information content (AvgIpc) is 2.56. The highest BCUT2D eigenvalue weighted by molar-refractivity contribution is 5.89. The van der Waals surface area contributed by atoms with Crippen LogP contribution in [0.1, 0.15) is 12.5 Å². The molecule has 1 N–H and O–H groups in total. The van der Waals surface area contributed by atoms with E-state index in [1.165, 1.54) is 9.80 Å². The van der Waals surface area contributed by atoms with Gasteiger partial charge >= 0.3 is 18.3 Å². The molecule has 3 amide bonds. The first-order chi connectivity index (χ1) is 11.7. The van der Waals surface area contributed by atoms with Gasteiger partial charge < -0.3 is 19.9 Å². The van der Waals surface area contributed by atoms with Gasteiger partial charge in [-0.25, -0.2) is 14.0 Å². The number of alkyl halides is 3. The topological polar surface area (TPSA) is 61.9 Å². The summed E-state index contributed by atoms with van der Waals surface area (Å²) in [4.78, 5) is 26.4. The molecule has 0 radical (unpaired) electrons. The number of benzene rings is 1. The van der Waals surface area contributed by atoms with Crippen LogP contribution < -0.4 is 5.32 Å². The summed E-state index contributed by atoms with van der Waals surface area (Å²) < 4.78 is 56.8. The van der Waals surface area contributed by atoms with Crippen molar-refractivity contribution in [3.63, 3.8) is 0 Å². The van der Waals surface area contributed by atoms with Crippen LogP contribution in [0.3, 0.4) is 0 Å². The molecule has 0 aliphatic carbocycles. The van der Waals surface area contributed by atoms with E-state index in [2.05, 4.69) is 5.32 Å². The van der Waals surface area contributed by atoms with Crippen molar-refractivity contribution < 1.29 is 31.9 Å². The summed E-state index contributed by atoms with van der Waals surface area (Å²) >= 11 is 0. The minimum absolute atomic E-state index is 0.158. The fraction of sp³-hybridized carbons (Fsp3) is 0.467. The lowest BCUT2D eigenvalue weighted by Gasteiger charge is -2.34. The van der Waals surface area contributed by atoms with Gasteiger partial charge in [-0.3, -0.25) is 0 Å². The van der Waals surface area contributed by atoms with Crippen molar-refractivity contribution >= 4 is 17.8 Å². The van der Waals surface area contributed by atoms with Gasteiger partial charge in [0, 0.05) is 26.2 Å². The van der Waals surface area contributed by atoms with E-state index in [1.807, 2.05) is 0 Å². The number of carbonyl (C=O) groups excluding carboxylic acids is 2. The third kappa shape index (κ3) is 4.52. The molecule has 138 valence electrons. The maximum absolute atomic E-state index is 13.9. The Morgan fingerprint density at radius 2 is 1.76 bits per heavy atom. The summed E-state index contributed by atoms with van der Waals surface area (Å²) in [6.45, 7) is 2.66. The fourth-order valence-corrected chi connectivity index (χ4v) is 2.35. The number of piperazine rings is 1. The highest BCUT2D eigenvalue weighted by Crippen LogP contribution is 2.33. The minimum atomic E-state index is -4.85. The summed E-state index contributed by atoms with van der Waals surface area (Å²) in [5, 5.41) is 2.14. The Hall–Kier alpha value is -2.52. The molecule has 0 unspecified atom stereocenters. The summed E-state index contributed by atoms with van der Waals surface area (Å²) in [6, 6.07) is 1.93. The molecule has 1 aromatic rings. The molecule has 1 aliphatic rings. The Kier molecular flexibility index (Phi) is 5.70. The number of hydrogen-bond acceptors (Lipinski definition) is 3. The number of hydrogen-bond donors (Lipinski definition) is 1. The first-order valence-corrected chi connectivity index (χ1v) is 7.57. The van der Waals surface area contributed by atoms with E-state index in [0.717, 1.165) is 12.1 Å². The Bertz CT molecular complexity index is 643. The molecule has 10 heteroatoms. The molecule has 1 saturated heterocycles. The van der Waals surface area contributed by atoms with Crippen molar-refractivity contribution in [3.05, 3.63) is 29.6 Å². The first-order valence-electron chi connectivity index (χ1n) is 7.57. The van der Waals surface area contributed by atoms with Crippen molar-refractivity contribution in [2.75, 3.05) is 38.1 Å². The van der Waals surface area contributed by atoms with Crippen LogP contribution in [0.2, 0.25) is 0 Å². The Morgan fingerprint density at radius 3 is 2.32 bits per heavy atom. The van der Waals surface area contributed by atoms with E-state index < -0.39 is 35.4 Å². The molecule has 25 heavy (non-hydrogen) atoms. The molecule has 1 fully saturated rings. The zero-order chi connectivity index (χ0) is 18.6. The van der Waals surface area contributed by atoms with Crippen molar-refractivity contribution in [2.45, 2.75) is 13.1 Å². The zero-order valence-corrected chi connectivity index (χ0v) is 13.4. The van der Waals surface area contributed by atoms with Crippen LogP contribution in [0.5, 0.6) is 0 Å². The standard InChI is InChI=1S/C15H17F4N3O3/c1-2-25-14(24)22-8-6-21(7-9-22)13(23)20-11-5-3-4-10(12(11)16)15(17,18)19/h3-5H,2,6-9H2,1H3,(H,20,23). The van der Waals surface area contributed by atoms with E-state index in [0.29, 0.717) is 6.07 Å². The van der Waals surface area contributed by atoms with E-state index in [-0.39, 0.29) is 32.8 Å². The number of carbonyl (C=O) groups is 2. The number of halogens is 4. The molecule has 0 atom stereocenters. The number of anilines is 1. The van der Waals surface area contributed by atoms with Gasteiger partial charge in [0.25, 0.3) is 0 Å². The van der Waals surface area contributed by atoms with Crippen LogP contribution in [-0.2, 0) is 10.9 Å². The van der Waals surface area contributed by atoms with Gasteiger partial charge in [0.2, 0.25) is 0 Å². The van der Waals surface area contributed by atoms with Crippen LogP contribution in [0.15, 0.2) is 18.2 Å². The number of rotatable bonds is 2. The molecule has 6 nitrogen and oxygen atoms in total. The maximum atomic E-state index is 13.9. The normalized spacial score (nSPS) is 15.1. The van der Waals surface area contributed by atoms with Crippen molar-refractivity contribution in [1.82, 2.24) is 9.80 Å². The second-order valence-corrected chi connectivity index (χ2v) is 5.27. The van der Waals surface area contributed by atoms with E-state index >= 15 is 0 Å². The number of nitrogens with one attached hydrogen (secondary N) is 1. The van der Waals surface area contributed by atoms with Crippen molar-refractivity contribution in [2.24, 2.45) is 0 Å². The molecule has 1 aromatic carbocycles. The SMILES string of the molecule is CCOC(=O)N1CCN(C(=O)Nc2cccc(C(F)(F)F)c2F)CC1. The predicted octanol–water partition coefficient (Wildman–Crippen LogP) is 3.15. The number of nitrogens with zero attached hydrogens (tertiary/aromatic N) is 2. The summed E-state index contributed by atoms with van der Waals surface area (Å²) in [5.74, 6) is -1.53. The second kappa shape index (κ2) is 7.58. The molecule has 0 aromatic heterocycles. The predicted molar refractivity (Wildman–Crippen MR) is 80.6 cm³/mol. The highest BCUT2D eigenvalue weighted by atomic mass is 19.4. The lowest BCUT2D eigenvalue weighted by Crippen LogP contribution is -2.51. The first kappa shape index (κ1) is 18.8. The molecule has 1 heterocycles. The van der Waals surface area contributed by atoms with Crippen molar-refractivity contribution in [3.8, 4) is 0 Å². The van der Waals surface area contributed by atoms with Gasteiger partial charge in [-0.05, 0) is 19.1 Å². The van der Waals surface area contributed by atoms with Gasteiger partial charge in [-0.15, -0.1) is 0 Å². The Balaban J connectivity index is 1.99. The van der Waals surface area contributed by atoms with Gasteiger partial charge in [-0.1, -0.05) is 6.07 Å². The van der Waals surface area contributed by atoms with E-state index in [1.54, 1.807) is 6.92 Å². The fourth-order valence-electron chi connectivity index (χ4n) is 2.35. The average molecular weight is 363 g/mol. The summed E-state index contributed by atoms with van der Waals surface area (Å²) in [6.07, 6.45) is -5.35. The van der Waals surface area contributed by atoms with Gasteiger partial charge in [0.1, 0.15) is 0 Å².